The van der Waals surface area contributed by atoms with Crippen molar-refractivity contribution in [2.45, 2.75) is 33.2 Å². The van der Waals surface area contributed by atoms with E-state index in [2.05, 4.69) is 61.8 Å². The largest absolute Gasteiger partial charge is 0.309 e. The quantitative estimate of drug-likeness (QED) is 0.846. The standard InChI is InChI=1S/C16H21NS/c1-12-5-4-6-15(11-12)7-9-17-14(3)16-13(2)8-10-18-16/h4-6,8,10-11,14,17H,7,9H2,1-3H3. The summed E-state index contributed by atoms with van der Waals surface area (Å²) in [4.78, 5) is 1.46. The van der Waals surface area contributed by atoms with Gasteiger partial charge in [-0.3, -0.25) is 0 Å². The Hall–Kier alpha value is -1.12. The fourth-order valence-corrected chi connectivity index (χ4v) is 3.18. The zero-order valence-electron chi connectivity index (χ0n) is 11.4. The molecule has 2 heteroatoms. The molecule has 0 fully saturated rings. The summed E-state index contributed by atoms with van der Waals surface area (Å²) in [5.41, 5.74) is 4.16. The summed E-state index contributed by atoms with van der Waals surface area (Å²) in [5.74, 6) is 0. The Labute approximate surface area is 114 Å². The lowest BCUT2D eigenvalue weighted by molar-refractivity contribution is 0.582. The van der Waals surface area contributed by atoms with Gasteiger partial charge < -0.3 is 5.32 Å². The van der Waals surface area contributed by atoms with E-state index in [1.807, 2.05) is 11.3 Å². The summed E-state index contributed by atoms with van der Waals surface area (Å²) < 4.78 is 0. The Bertz CT molecular complexity index is 501. The van der Waals surface area contributed by atoms with Crippen molar-refractivity contribution in [1.29, 1.82) is 0 Å². The summed E-state index contributed by atoms with van der Waals surface area (Å²) in [5, 5.41) is 5.77. The molecule has 2 rings (SSSR count). The fourth-order valence-electron chi connectivity index (χ4n) is 2.22. The van der Waals surface area contributed by atoms with Gasteiger partial charge >= 0.3 is 0 Å². The smallest absolute Gasteiger partial charge is 0.0388 e. The molecule has 1 aromatic carbocycles. The van der Waals surface area contributed by atoms with Crippen LogP contribution in [0.5, 0.6) is 0 Å². The highest BCUT2D eigenvalue weighted by molar-refractivity contribution is 7.10. The van der Waals surface area contributed by atoms with Crippen molar-refractivity contribution >= 4 is 11.3 Å². The van der Waals surface area contributed by atoms with Gasteiger partial charge in [0.1, 0.15) is 0 Å². The van der Waals surface area contributed by atoms with Crippen LogP contribution in [0, 0.1) is 13.8 Å². The molecular weight excluding hydrogens is 238 g/mol. The highest BCUT2D eigenvalue weighted by Crippen LogP contribution is 2.23. The van der Waals surface area contributed by atoms with E-state index < -0.39 is 0 Å². The molecule has 1 unspecified atom stereocenters. The third kappa shape index (κ3) is 3.44. The molecule has 0 radical (unpaired) electrons. The highest BCUT2D eigenvalue weighted by Gasteiger charge is 2.08. The first-order valence-corrected chi connectivity index (χ1v) is 7.37. The van der Waals surface area contributed by atoms with Gasteiger partial charge in [0.05, 0.1) is 0 Å². The van der Waals surface area contributed by atoms with Gasteiger partial charge in [-0.15, -0.1) is 11.3 Å². The molecule has 96 valence electrons. The van der Waals surface area contributed by atoms with Crippen LogP contribution in [-0.4, -0.2) is 6.54 Å². The predicted octanol–water partition coefficient (Wildman–Crippen LogP) is 4.26. The van der Waals surface area contributed by atoms with Crippen molar-refractivity contribution in [3.63, 3.8) is 0 Å². The Morgan fingerprint density at radius 2 is 2.06 bits per heavy atom. The molecule has 0 saturated carbocycles. The van der Waals surface area contributed by atoms with E-state index in [1.165, 1.54) is 21.6 Å². The number of rotatable bonds is 5. The van der Waals surface area contributed by atoms with Gasteiger partial charge in [-0.05, 0) is 56.3 Å². The van der Waals surface area contributed by atoms with Crippen LogP contribution < -0.4 is 5.32 Å². The molecule has 0 aliphatic carbocycles. The topological polar surface area (TPSA) is 12.0 Å². The molecule has 1 heterocycles. The van der Waals surface area contributed by atoms with Gasteiger partial charge in [0.15, 0.2) is 0 Å². The molecule has 18 heavy (non-hydrogen) atoms. The third-order valence-electron chi connectivity index (χ3n) is 3.24. The van der Waals surface area contributed by atoms with E-state index >= 15 is 0 Å². The first kappa shape index (κ1) is 13.3. The molecule has 0 bridgehead atoms. The van der Waals surface area contributed by atoms with Gasteiger partial charge in [0.25, 0.3) is 0 Å². The lowest BCUT2D eigenvalue weighted by Crippen LogP contribution is -2.21. The maximum Gasteiger partial charge on any atom is 0.0388 e. The number of thiophene rings is 1. The van der Waals surface area contributed by atoms with Crippen LogP contribution in [0.15, 0.2) is 35.7 Å². The molecule has 0 aliphatic heterocycles. The van der Waals surface area contributed by atoms with Crippen molar-refractivity contribution in [2.75, 3.05) is 6.54 Å². The van der Waals surface area contributed by atoms with Crippen LogP contribution in [0.1, 0.15) is 34.5 Å². The van der Waals surface area contributed by atoms with Crippen LogP contribution in [-0.2, 0) is 6.42 Å². The summed E-state index contributed by atoms with van der Waals surface area (Å²) in [6.45, 7) is 7.61. The molecular formula is C16H21NS. The molecule has 2 aromatic rings. The number of hydrogen-bond donors (Lipinski definition) is 1. The van der Waals surface area contributed by atoms with Crippen molar-refractivity contribution in [3.05, 3.63) is 57.3 Å². The lowest BCUT2D eigenvalue weighted by Gasteiger charge is -2.13. The number of benzene rings is 1. The molecule has 1 nitrogen and oxygen atoms in total. The van der Waals surface area contributed by atoms with Gasteiger partial charge in [0, 0.05) is 10.9 Å². The second-order valence-electron chi connectivity index (χ2n) is 4.88. The fraction of sp³-hybridized carbons (Fsp3) is 0.375. The minimum absolute atomic E-state index is 0.454. The molecule has 1 atom stereocenters. The molecule has 0 aliphatic rings. The maximum absolute atomic E-state index is 3.60. The van der Waals surface area contributed by atoms with Crippen LogP contribution in [0.3, 0.4) is 0 Å². The summed E-state index contributed by atoms with van der Waals surface area (Å²) in [6, 6.07) is 11.4. The summed E-state index contributed by atoms with van der Waals surface area (Å²) in [6.07, 6.45) is 1.09. The van der Waals surface area contributed by atoms with Gasteiger partial charge in [-0.1, -0.05) is 29.8 Å². The van der Waals surface area contributed by atoms with Crippen LogP contribution in [0.25, 0.3) is 0 Å². The van der Waals surface area contributed by atoms with E-state index in [0.717, 1.165) is 13.0 Å². The Morgan fingerprint density at radius 3 is 2.72 bits per heavy atom. The van der Waals surface area contributed by atoms with E-state index in [4.69, 9.17) is 0 Å². The van der Waals surface area contributed by atoms with E-state index in [9.17, 15) is 0 Å². The van der Waals surface area contributed by atoms with Crippen molar-refractivity contribution < 1.29 is 0 Å². The number of aryl methyl sites for hydroxylation is 2. The summed E-state index contributed by atoms with van der Waals surface area (Å²) >= 11 is 1.84. The van der Waals surface area contributed by atoms with Gasteiger partial charge in [-0.2, -0.15) is 0 Å². The van der Waals surface area contributed by atoms with Gasteiger partial charge in [0.2, 0.25) is 0 Å². The van der Waals surface area contributed by atoms with Crippen LogP contribution >= 0.6 is 11.3 Å². The SMILES string of the molecule is Cc1cccc(CCNC(C)c2sccc2C)c1. The average molecular weight is 259 g/mol. The molecule has 1 N–H and O–H groups in total. The lowest BCUT2D eigenvalue weighted by atomic mass is 10.1. The number of hydrogen-bond acceptors (Lipinski definition) is 2. The maximum atomic E-state index is 3.60. The van der Waals surface area contributed by atoms with Crippen LogP contribution in [0.4, 0.5) is 0 Å². The van der Waals surface area contributed by atoms with E-state index in [0.29, 0.717) is 6.04 Å². The average Bonchev–Trinajstić information content (AvgIpc) is 2.75. The molecule has 0 saturated heterocycles. The first-order chi connectivity index (χ1) is 8.66. The number of nitrogens with one attached hydrogen (secondary N) is 1. The van der Waals surface area contributed by atoms with Gasteiger partial charge in [-0.25, -0.2) is 0 Å². The zero-order chi connectivity index (χ0) is 13.0. The second-order valence-corrected chi connectivity index (χ2v) is 5.83. The summed E-state index contributed by atoms with van der Waals surface area (Å²) in [7, 11) is 0. The van der Waals surface area contributed by atoms with E-state index in [-0.39, 0.29) is 0 Å². The minimum Gasteiger partial charge on any atom is -0.309 e. The Morgan fingerprint density at radius 1 is 1.22 bits per heavy atom. The van der Waals surface area contributed by atoms with Crippen molar-refractivity contribution in [2.24, 2.45) is 0 Å². The monoisotopic (exact) mass is 259 g/mol. The minimum atomic E-state index is 0.454. The van der Waals surface area contributed by atoms with Crippen LogP contribution in [0.2, 0.25) is 0 Å². The Balaban J connectivity index is 1.84. The predicted molar refractivity (Wildman–Crippen MR) is 80.4 cm³/mol. The Kier molecular flexibility index (Phi) is 4.56. The molecule has 0 spiro atoms. The first-order valence-electron chi connectivity index (χ1n) is 6.50. The van der Waals surface area contributed by atoms with Crippen molar-refractivity contribution in [3.8, 4) is 0 Å². The highest BCUT2D eigenvalue weighted by atomic mass is 32.1. The molecule has 0 amide bonds. The third-order valence-corrected chi connectivity index (χ3v) is 4.44. The molecule has 1 aromatic heterocycles. The van der Waals surface area contributed by atoms with Crippen molar-refractivity contribution in [1.82, 2.24) is 5.32 Å². The second kappa shape index (κ2) is 6.17. The normalized spacial score (nSPS) is 12.6. The zero-order valence-corrected chi connectivity index (χ0v) is 12.2. The van der Waals surface area contributed by atoms with E-state index in [1.54, 1.807) is 0 Å².